The number of benzene rings is 1. The van der Waals surface area contributed by atoms with Gasteiger partial charge in [-0.1, -0.05) is 61.2 Å². The van der Waals surface area contributed by atoms with Crippen LogP contribution in [0.2, 0.25) is 0 Å². The maximum atomic E-state index is 5.20. The first kappa shape index (κ1) is 12.5. The molecule has 0 unspecified atom stereocenters. The van der Waals surface area contributed by atoms with Gasteiger partial charge in [-0.05, 0) is 24.7 Å². The van der Waals surface area contributed by atoms with Gasteiger partial charge in [0.2, 0.25) is 0 Å². The highest BCUT2D eigenvalue weighted by molar-refractivity contribution is 8.22. The van der Waals surface area contributed by atoms with Crippen molar-refractivity contribution in [2.24, 2.45) is 0 Å². The summed E-state index contributed by atoms with van der Waals surface area (Å²) in [7, 11) is 0. The van der Waals surface area contributed by atoms with Crippen molar-refractivity contribution in [2.75, 3.05) is 5.75 Å². The molecule has 0 aliphatic carbocycles. The lowest BCUT2D eigenvalue weighted by atomic mass is 10.1. The van der Waals surface area contributed by atoms with Gasteiger partial charge in [-0.25, -0.2) is 0 Å². The summed E-state index contributed by atoms with van der Waals surface area (Å²) < 4.78 is 0.904. The molecule has 82 valence electrons. The first-order chi connectivity index (χ1) is 7.22. The van der Waals surface area contributed by atoms with Crippen LogP contribution in [-0.4, -0.2) is 16.1 Å². The van der Waals surface area contributed by atoms with Gasteiger partial charge in [-0.15, -0.1) is 0 Å². The fourth-order valence-electron chi connectivity index (χ4n) is 1.39. The zero-order chi connectivity index (χ0) is 11.1. The average Bonchev–Trinajstić information content (AvgIpc) is 2.19. The topological polar surface area (TPSA) is 12.0 Å². The Morgan fingerprint density at radius 3 is 2.67 bits per heavy atom. The van der Waals surface area contributed by atoms with E-state index in [1.165, 1.54) is 5.56 Å². The Bertz CT molecular complexity index is 298. The average molecular weight is 239 g/mol. The third-order valence-corrected chi connectivity index (χ3v) is 3.16. The van der Waals surface area contributed by atoms with Gasteiger partial charge in [-0.3, -0.25) is 0 Å². The molecule has 0 heterocycles. The third kappa shape index (κ3) is 5.19. The van der Waals surface area contributed by atoms with Crippen LogP contribution in [0.1, 0.15) is 19.4 Å². The molecule has 1 nitrogen and oxygen atoms in total. The zero-order valence-corrected chi connectivity index (χ0v) is 10.8. The minimum Gasteiger partial charge on any atom is -0.368 e. The Labute approximate surface area is 102 Å². The van der Waals surface area contributed by atoms with E-state index >= 15 is 0 Å². The molecule has 1 aromatic carbocycles. The molecule has 15 heavy (non-hydrogen) atoms. The van der Waals surface area contributed by atoms with Crippen LogP contribution in [0.4, 0.5) is 0 Å². The third-order valence-electron chi connectivity index (χ3n) is 2.02. The molecule has 1 N–H and O–H groups in total. The lowest BCUT2D eigenvalue weighted by molar-refractivity contribution is 0.670. The maximum absolute atomic E-state index is 5.20. The molecule has 1 atom stereocenters. The van der Waals surface area contributed by atoms with Crippen LogP contribution < -0.4 is 5.32 Å². The van der Waals surface area contributed by atoms with Gasteiger partial charge in [0.25, 0.3) is 0 Å². The fourth-order valence-corrected chi connectivity index (χ4v) is 2.49. The predicted molar refractivity (Wildman–Crippen MR) is 73.5 cm³/mol. The monoisotopic (exact) mass is 239 g/mol. The van der Waals surface area contributed by atoms with Crippen LogP contribution in [0.5, 0.6) is 0 Å². The Morgan fingerprint density at radius 1 is 1.40 bits per heavy atom. The summed E-state index contributed by atoms with van der Waals surface area (Å²) in [5, 5.41) is 3.32. The molecule has 0 aliphatic heterocycles. The summed E-state index contributed by atoms with van der Waals surface area (Å²) in [6.07, 6.45) is 1.02. The minimum absolute atomic E-state index is 0.402. The molecule has 3 heteroatoms. The van der Waals surface area contributed by atoms with Crippen molar-refractivity contribution in [1.82, 2.24) is 5.32 Å². The van der Waals surface area contributed by atoms with Gasteiger partial charge in [-0.2, -0.15) is 0 Å². The quantitative estimate of drug-likeness (QED) is 0.810. The van der Waals surface area contributed by atoms with E-state index in [4.69, 9.17) is 12.2 Å². The fraction of sp³-hybridized carbons (Fsp3) is 0.417. The smallest absolute Gasteiger partial charge is 0.133 e. The normalized spacial score (nSPS) is 12.1. The van der Waals surface area contributed by atoms with Gasteiger partial charge in [0, 0.05) is 6.04 Å². The van der Waals surface area contributed by atoms with E-state index in [9.17, 15) is 0 Å². The summed E-state index contributed by atoms with van der Waals surface area (Å²) in [5.41, 5.74) is 1.35. The Morgan fingerprint density at radius 2 is 2.07 bits per heavy atom. The number of hydrogen-bond acceptors (Lipinski definition) is 2. The lowest BCUT2D eigenvalue weighted by Crippen LogP contribution is -2.31. The molecule has 0 amide bonds. The van der Waals surface area contributed by atoms with Crippen molar-refractivity contribution >= 4 is 28.3 Å². The molecule has 0 aromatic heterocycles. The second-order valence-corrected chi connectivity index (χ2v) is 5.40. The van der Waals surface area contributed by atoms with E-state index in [-0.39, 0.29) is 0 Å². The molecule has 0 bridgehead atoms. The van der Waals surface area contributed by atoms with Crippen molar-refractivity contribution in [3.05, 3.63) is 35.9 Å². The number of hydrogen-bond donors (Lipinski definition) is 1. The van der Waals surface area contributed by atoms with E-state index in [1.807, 2.05) is 6.07 Å². The maximum Gasteiger partial charge on any atom is 0.133 e. The number of nitrogens with one attached hydrogen (secondary N) is 1. The van der Waals surface area contributed by atoms with Gasteiger partial charge >= 0.3 is 0 Å². The zero-order valence-electron chi connectivity index (χ0n) is 9.19. The second kappa shape index (κ2) is 6.85. The lowest BCUT2D eigenvalue weighted by Gasteiger charge is -2.15. The summed E-state index contributed by atoms with van der Waals surface area (Å²) in [5.74, 6) is 1.03. The van der Waals surface area contributed by atoms with Crippen molar-refractivity contribution in [1.29, 1.82) is 0 Å². The van der Waals surface area contributed by atoms with E-state index in [1.54, 1.807) is 11.8 Å². The summed E-state index contributed by atoms with van der Waals surface area (Å²) in [6.45, 7) is 4.27. The summed E-state index contributed by atoms with van der Waals surface area (Å²) in [6, 6.07) is 10.9. The van der Waals surface area contributed by atoms with Crippen molar-refractivity contribution < 1.29 is 0 Å². The minimum atomic E-state index is 0.402. The molecule has 1 rings (SSSR count). The summed E-state index contributed by atoms with van der Waals surface area (Å²) >= 11 is 6.89. The molecule has 0 aliphatic rings. The molecule has 0 fully saturated rings. The van der Waals surface area contributed by atoms with Crippen LogP contribution in [0.15, 0.2) is 30.3 Å². The highest BCUT2D eigenvalue weighted by Gasteiger charge is 2.04. The van der Waals surface area contributed by atoms with Crippen LogP contribution >= 0.6 is 24.0 Å². The van der Waals surface area contributed by atoms with Crippen molar-refractivity contribution in [2.45, 2.75) is 26.3 Å². The van der Waals surface area contributed by atoms with Crippen LogP contribution in [0.3, 0.4) is 0 Å². The Balaban J connectivity index is 2.36. The summed E-state index contributed by atoms with van der Waals surface area (Å²) in [4.78, 5) is 0. The van der Waals surface area contributed by atoms with Crippen LogP contribution in [0, 0.1) is 0 Å². The van der Waals surface area contributed by atoms with Crippen LogP contribution in [0.25, 0.3) is 0 Å². The van der Waals surface area contributed by atoms with Crippen molar-refractivity contribution in [3.8, 4) is 0 Å². The molecule has 0 radical (unpaired) electrons. The van der Waals surface area contributed by atoms with Crippen molar-refractivity contribution in [3.63, 3.8) is 0 Å². The number of thiocarbonyl (C=S) groups is 1. The Hall–Kier alpha value is -0.540. The van der Waals surface area contributed by atoms with Gasteiger partial charge < -0.3 is 5.32 Å². The van der Waals surface area contributed by atoms with Gasteiger partial charge in [0.15, 0.2) is 0 Å². The van der Waals surface area contributed by atoms with Gasteiger partial charge in [0.05, 0.1) is 0 Å². The molecule has 1 aromatic rings. The SMILES string of the molecule is CCSC(=S)N[C@H](C)Cc1ccccc1. The number of thioether (sulfide) groups is 1. The largest absolute Gasteiger partial charge is 0.368 e. The highest BCUT2D eigenvalue weighted by atomic mass is 32.2. The predicted octanol–water partition coefficient (Wildman–Crippen LogP) is 3.25. The van der Waals surface area contributed by atoms with E-state index in [0.29, 0.717) is 6.04 Å². The molecule has 0 saturated carbocycles. The molecule has 0 spiro atoms. The van der Waals surface area contributed by atoms with E-state index in [0.717, 1.165) is 16.5 Å². The standard InChI is InChI=1S/C12H17NS2/c1-3-15-12(14)13-10(2)9-11-7-5-4-6-8-11/h4-8,10H,3,9H2,1-2H3,(H,13,14)/t10-/m1/s1. The van der Waals surface area contributed by atoms with E-state index < -0.39 is 0 Å². The van der Waals surface area contributed by atoms with Gasteiger partial charge in [0.1, 0.15) is 4.32 Å². The first-order valence-corrected chi connectivity index (χ1v) is 6.59. The van der Waals surface area contributed by atoms with E-state index in [2.05, 4.69) is 43.4 Å². The number of rotatable bonds is 4. The Kier molecular flexibility index (Phi) is 5.73. The van der Waals surface area contributed by atoms with Crippen LogP contribution in [-0.2, 0) is 6.42 Å². The molecule has 0 saturated heterocycles. The molecular formula is C12H17NS2. The second-order valence-electron chi connectivity index (χ2n) is 3.46. The molecular weight excluding hydrogens is 222 g/mol. The highest BCUT2D eigenvalue weighted by Crippen LogP contribution is 2.06. The first-order valence-electron chi connectivity index (χ1n) is 5.19.